The van der Waals surface area contributed by atoms with E-state index in [-0.39, 0.29) is 6.04 Å². The van der Waals surface area contributed by atoms with E-state index >= 15 is 0 Å². The fourth-order valence-corrected chi connectivity index (χ4v) is 3.24. The summed E-state index contributed by atoms with van der Waals surface area (Å²) in [4.78, 5) is 18.1. The van der Waals surface area contributed by atoms with Gasteiger partial charge in [0.15, 0.2) is 17.4 Å². The Kier molecular flexibility index (Phi) is 5.20. The van der Waals surface area contributed by atoms with Gasteiger partial charge >= 0.3 is 6.09 Å². The number of piperidine rings is 1. The van der Waals surface area contributed by atoms with E-state index in [9.17, 15) is 13.6 Å². The topological polar surface area (TPSA) is 73.1 Å². The molecule has 0 aliphatic carbocycles. The van der Waals surface area contributed by atoms with Crippen LogP contribution in [0.2, 0.25) is 0 Å². The summed E-state index contributed by atoms with van der Waals surface area (Å²) in [5.41, 5.74) is 1.78. The molecule has 150 valence electrons. The van der Waals surface area contributed by atoms with Gasteiger partial charge in [0.1, 0.15) is 5.69 Å². The SMILES string of the molecule is Cc1ccc(OC(=O)N2CCC(n3cc(-c4ccc(F)c(F)c4)nn3)CC2)cn1. The van der Waals surface area contributed by atoms with Crippen molar-refractivity contribution in [3.8, 4) is 17.0 Å². The molecule has 3 aromatic rings. The van der Waals surface area contributed by atoms with Crippen LogP contribution in [-0.2, 0) is 0 Å². The highest BCUT2D eigenvalue weighted by Crippen LogP contribution is 2.25. The maximum Gasteiger partial charge on any atom is 0.415 e. The van der Waals surface area contributed by atoms with Gasteiger partial charge in [-0.1, -0.05) is 5.21 Å². The number of aryl methyl sites for hydroxylation is 1. The lowest BCUT2D eigenvalue weighted by Gasteiger charge is -2.30. The zero-order valence-corrected chi connectivity index (χ0v) is 15.8. The standard InChI is InChI=1S/C20H19F2N5O2/c1-13-2-4-16(11-23-13)29-20(28)26-8-6-15(7-9-26)27-12-19(24-25-27)14-3-5-17(21)18(22)10-14/h2-5,10-12,15H,6-9H2,1H3. The number of pyridine rings is 1. The van der Waals surface area contributed by atoms with Gasteiger partial charge in [0.05, 0.1) is 18.4 Å². The number of likely N-dealkylation sites (tertiary alicyclic amines) is 1. The second kappa shape index (κ2) is 7.94. The third-order valence-corrected chi connectivity index (χ3v) is 4.91. The Bertz CT molecular complexity index is 1010. The molecular weight excluding hydrogens is 380 g/mol. The normalized spacial score (nSPS) is 14.8. The van der Waals surface area contributed by atoms with E-state index in [4.69, 9.17) is 4.74 Å². The van der Waals surface area contributed by atoms with E-state index in [0.29, 0.717) is 42.9 Å². The zero-order valence-electron chi connectivity index (χ0n) is 15.8. The molecule has 7 nitrogen and oxygen atoms in total. The first-order valence-electron chi connectivity index (χ1n) is 9.26. The molecule has 2 aromatic heterocycles. The third-order valence-electron chi connectivity index (χ3n) is 4.91. The molecule has 1 saturated heterocycles. The number of halogens is 2. The van der Waals surface area contributed by atoms with Crippen molar-refractivity contribution in [3.05, 3.63) is 60.1 Å². The van der Waals surface area contributed by atoms with Crippen molar-refractivity contribution in [3.63, 3.8) is 0 Å². The van der Waals surface area contributed by atoms with Crippen molar-refractivity contribution < 1.29 is 18.3 Å². The number of aromatic nitrogens is 4. The van der Waals surface area contributed by atoms with Gasteiger partial charge in [-0.2, -0.15) is 0 Å². The van der Waals surface area contributed by atoms with Crippen LogP contribution in [0.1, 0.15) is 24.6 Å². The number of hydrogen-bond acceptors (Lipinski definition) is 5. The lowest BCUT2D eigenvalue weighted by atomic mass is 10.1. The second-order valence-electron chi connectivity index (χ2n) is 6.93. The first-order valence-corrected chi connectivity index (χ1v) is 9.26. The fourth-order valence-electron chi connectivity index (χ4n) is 3.24. The van der Waals surface area contributed by atoms with Crippen molar-refractivity contribution in [1.29, 1.82) is 0 Å². The summed E-state index contributed by atoms with van der Waals surface area (Å²) in [6.45, 7) is 2.89. The van der Waals surface area contributed by atoms with E-state index in [1.54, 1.807) is 27.9 Å². The molecule has 4 rings (SSSR count). The van der Waals surface area contributed by atoms with Crippen molar-refractivity contribution in [2.24, 2.45) is 0 Å². The van der Waals surface area contributed by atoms with Crippen molar-refractivity contribution >= 4 is 6.09 Å². The Balaban J connectivity index is 1.36. The van der Waals surface area contributed by atoms with Crippen LogP contribution in [0.5, 0.6) is 5.75 Å². The molecule has 1 aromatic carbocycles. The minimum absolute atomic E-state index is 0.0617. The monoisotopic (exact) mass is 399 g/mol. The van der Waals surface area contributed by atoms with Gasteiger partial charge < -0.3 is 9.64 Å². The zero-order chi connectivity index (χ0) is 20.4. The molecule has 1 aliphatic heterocycles. The van der Waals surface area contributed by atoms with Crippen molar-refractivity contribution in [1.82, 2.24) is 24.9 Å². The molecule has 1 amide bonds. The summed E-state index contributed by atoms with van der Waals surface area (Å²) < 4.78 is 33.6. The first-order chi connectivity index (χ1) is 14.0. The van der Waals surface area contributed by atoms with Crippen LogP contribution < -0.4 is 4.74 Å². The number of carbonyl (C=O) groups excluding carboxylic acids is 1. The van der Waals surface area contributed by atoms with Crippen LogP contribution in [0.25, 0.3) is 11.3 Å². The van der Waals surface area contributed by atoms with Gasteiger partial charge in [-0.3, -0.25) is 4.98 Å². The molecule has 3 heterocycles. The minimum Gasteiger partial charge on any atom is -0.409 e. The highest BCUT2D eigenvalue weighted by molar-refractivity contribution is 5.70. The molecule has 0 unspecified atom stereocenters. The largest absolute Gasteiger partial charge is 0.415 e. The Labute approximate surface area is 165 Å². The molecule has 9 heteroatoms. The molecule has 1 fully saturated rings. The quantitative estimate of drug-likeness (QED) is 0.671. The lowest BCUT2D eigenvalue weighted by Crippen LogP contribution is -2.40. The predicted octanol–water partition coefficient (Wildman–Crippen LogP) is 3.76. The highest BCUT2D eigenvalue weighted by Gasteiger charge is 2.26. The molecule has 0 saturated carbocycles. The molecule has 0 radical (unpaired) electrons. The maximum atomic E-state index is 13.4. The van der Waals surface area contributed by atoms with Gasteiger partial charge in [0, 0.05) is 24.3 Å². The number of rotatable bonds is 3. The average Bonchev–Trinajstić information content (AvgIpc) is 3.22. The Hall–Kier alpha value is -3.36. The highest BCUT2D eigenvalue weighted by atomic mass is 19.2. The molecule has 29 heavy (non-hydrogen) atoms. The number of hydrogen-bond donors (Lipinski definition) is 0. The minimum atomic E-state index is -0.923. The molecule has 1 aliphatic rings. The van der Waals surface area contributed by atoms with Crippen LogP contribution in [-0.4, -0.2) is 44.1 Å². The molecule has 0 spiro atoms. The summed E-state index contributed by atoms with van der Waals surface area (Å²) in [5.74, 6) is -1.41. The van der Waals surface area contributed by atoms with Gasteiger partial charge in [0.25, 0.3) is 0 Å². The fraction of sp³-hybridized carbons (Fsp3) is 0.300. The van der Waals surface area contributed by atoms with Crippen LogP contribution in [0.15, 0.2) is 42.7 Å². The third kappa shape index (κ3) is 4.23. The summed E-state index contributed by atoms with van der Waals surface area (Å²) in [5, 5.41) is 8.18. The van der Waals surface area contributed by atoms with Gasteiger partial charge in [-0.05, 0) is 50.1 Å². The number of amides is 1. The summed E-state index contributed by atoms with van der Waals surface area (Å²) >= 11 is 0. The van der Waals surface area contributed by atoms with Crippen LogP contribution >= 0.6 is 0 Å². The van der Waals surface area contributed by atoms with E-state index in [1.807, 2.05) is 6.92 Å². The predicted molar refractivity (Wildman–Crippen MR) is 100 cm³/mol. The first kappa shape index (κ1) is 19.0. The average molecular weight is 399 g/mol. The van der Waals surface area contributed by atoms with Crippen molar-refractivity contribution in [2.45, 2.75) is 25.8 Å². The second-order valence-corrected chi connectivity index (χ2v) is 6.93. The Morgan fingerprint density at radius 3 is 2.62 bits per heavy atom. The van der Waals surface area contributed by atoms with Crippen LogP contribution in [0.4, 0.5) is 13.6 Å². The Morgan fingerprint density at radius 1 is 1.14 bits per heavy atom. The molecule has 0 N–H and O–H groups in total. The van der Waals surface area contributed by atoms with Gasteiger partial charge in [-0.15, -0.1) is 5.10 Å². The van der Waals surface area contributed by atoms with Crippen LogP contribution in [0, 0.1) is 18.6 Å². The van der Waals surface area contributed by atoms with E-state index in [0.717, 1.165) is 17.8 Å². The summed E-state index contributed by atoms with van der Waals surface area (Å²) in [7, 11) is 0. The summed E-state index contributed by atoms with van der Waals surface area (Å²) in [6.07, 6.45) is 4.19. The van der Waals surface area contributed by atoms with Crippen molar-refractivity contribution in [2.75, 3.05) is 13.1 Å². The lowest BCUT2D eigenvalue weighted by molar-refractivity contribution is 0.129. The number of benzene rings is 1. The molecular formula is C20H19F2N5O2. The summed E-state index contributed by atoms with van der Waals surface area (Å²) in [6, 6.07) is 7.18. The van der Waals surface area contributed by atoms with Gasteiger partial charge in [-0.25, -0.2) is 18.3 Å². The van der Waals surface area contributed by atoms with E-state index in [1.165, 1.54) is 12.3 Å². The number of carbonyl (C=O) groups is 1. The smallest absolute Gasteiger partial charge is 0.409 e. The van der Waals surface area contributed by atoms with E-state index in [2.05, 4.69) is 15.3 Å². The molecule has 0 atom stereocenters. The van der Waals surface area contributed by atoms with E-state index < -0.39 is 17.7 Å². The molecule has 0 bridgehead atoms. The van der Waals surface area contributed by atoms with Gasteiger partial charge in [0.2, 0.25) is 0 Å². The Morgan fingerprint density at radius 2 is 1.93 bits per heavy atom. The van der Waals surface area contributed by atoms with Crippen LogP contribution in [0.3, 0.4) is 0 Å². The number of ether oxygens (including phenoxy) is 1. The maximum absolute atomic E-state index is 13.4. The number of nitrogens with zero attached hydrogens (tertiary/aromatic N) is 5.